The zero-order valence-corrected chi connectivity index (χ0v) is 17.0. The van der Waals surface area contributed by atoms with E-state index in [4.69, 9.17) is 26.3 Å². The third-order valence-electron chi connectivity index (χ3n) is 3.94. The van der Waals surface area contributed by atoms with Gasteiger partial charge < -0.3 is 31.0 Å². The van der Waals surface area contributed by atoms with Crippen LogP contribution in [0.3, 0.4) is 0 Å². The van der Waals surface area contributed by atoms with Gasteiger partial charge in [-0.25, -0.2) is 0 Å². The van der Waals surface area contributed by atoms with E-state index in [0.29, 0.717) is 18.9 Å². The summed E-state index contributed by atoms with van der Waals surface area (Å²) in [6.45, 7) is 4.62. The van der Waals surface area contributed by atoms with Crippen molar-refractivity contribution in [1.82, 2.24) is 0 Å². The Balaban J connectivity index is 0.000000396. The van der Waals surface area contributed by atoms with Crippen molar-refractivity contribution in [2.75, 3.05) is 0 Å². The average molecular weight is 402 g/mol. The van der Waals surface area contributed by atoms with Crippen molar-refractivity contribution in [1.29, 1.82) is 0 Å². The summed E-state index contributed by atoms with van der Waals surface area (Å²) in [5.41, 5.74) is 12.9. The highest BCUT2D eigenvalue weighted by Crippen LogP contribution is 2.15. The van der Waals surface area contributed by atoms with Gasteiger partial charge in [-0.15, -0.1) is 0 Å². The largest absolute Gasteiger partial charge is 0.489 e. The number of benzene rings is 2. The summed E-state index contributed by atoms with van der Waals surface area (Å²) in [6.07, 6.45) is 0.796. The highest BCUT2D eigenvalue weighted by atomic mass is 16.5. The van der Waals surface area contributed by atoms with Gasteiger partial charge in [-0.1, -0.05) is 56.3 Å². The molecule has 0 spiro atoms. The number of carbonyl (C=O) groups is 1. The van der Waals surface area contributed by atoms with E-state index in [1.807, 2.05) is 54.6 Å². The monoisotopic (exact) mass is 402 g/mol. The van der Waals surface area contributed by atoms with Gasteiger partial charge in [0.15, 0.2) is 0 Å². The first-order chi connectivity index (χ1) is 13.8. The Morgan fingerprint density at radius 2 is 1.66 bits per heavy atom. The van der Waals surface area contributed by atoms with Crippen LogP contribution in [0.25, 0.3) is 0 Å². The molecule has 2 aromatic rings. The van der Waals surface area contributed by atoms with Crippen LogP contribution in [0.2, 0.25) is 0 Å². The van der Waals surface area contributed by atoms with Crippen LogP contribution in [0.1, 0.15) is 31.4 Å². The van der Waals surface area contributed by atoms with E-state index in [1.165, 1.54) is 0 Å². The number of nitrogens with two attached hydrogens (primary N) is 2. The van der Waals surface area contributed by atoms with E-state index in [1.54, 1.807) is 0 Å². The van der Waals surface area contributed by atoms with Crippen LogP contribution in [-0.4, -0.2) is 36.1 Å². The predicted octanol–water partition coefficient (Wildman–Crippen LogP) is 1.81. The van der Waals surface area contributed by atoms with Gasteiger partial charge in [0.2, 0.25) is 0 Å². The summed E-state index contributed by atoms with van der Waals surface area (Å²) in [4.78, 5) is 10.7. The molecule has 8 heteroatoms. The second kappa shape index (κ2) is 13.7. The van der Waals surface area contributed by atoms with Crippen molar-refractivity contribution in [3.63, 3.8) is 0 Å². The Kier molecular flexibility index (Phi) is 11.7. The molecule has 0 fully saturated rings. The number of rotatable bonds is 10. The molecule has 0 saturated carbocycles. The van der Waals surface area contributed by atoms with E-state index >= 15 is 0 Å². The van der Waals surface area contributed by atoms with Crippen molar-refractivity contribution >= 4 is 13.7 Å². The van der Waals surface area contributed by atoms with Gasteiger partial charge in [0.05, 0.1) is 6.23 Å². The zero-order chi connectivity index (χ0) is 21.6. The highest BCUT2D eigenvalue weighted by molar-refractivity contribution is 6.15. The molecule has 0 bridgehead atoms. The zero-order valence-electron chi connectivity index (χ0n) is 17.0. The summed E-state index contributed by atoms with van der Waals surface area (Å²) < 4.78 is 10.3. The molecule has 0 aliphatic carbocycles. The molecule has 0 heterocycles. The molecular formula is C21H31BN2O5. The van der Waals surface area contributed by atoms with Gasteiger partial charge in [-0.05, 0) is 42.0 Å². The third kappa shape index (κ3) is 11.3. The predicted molar refractivity (Wildman–Crippen MR) is 114 cm³/mol. The number of hydrogen-bond donors (Lipinski definition) is 4. The number of hydrogen-bond acceptors (Lipinski definition) is 6. The lowest BCUT2D eigenvalue weighted by Gasteiger charge is -2.12. The average Bonchev–Trinajstić information content (AvgIpc) is 2.68. The lowest BCUT2D eigenvalue weighted by atomic mass is 10.1. The van der Waals surface area contributed by atoms with Crippen LogP contribution in [0.4, 0.5) is 0 Å². The van der Waals surface area contributed by atoms with Crippen LogP contribution < -0.4 is 16.2 Å². The minimum absolute atomic E-state index is 0.284. The summed E-state index contributed by atoms with van der Waals surface area (Å²) in [7, 11) is -0.284. The fraction of sp³-hybridized carbons (Fsp3) is 0.381. The summed E-state index contributed by atoms with van der Waals surface area (Å²) in [5.74, 6) is 0.280. The van der Waals surface area contributed by atoms with Crippen molar-refractivity contribution in [2.45, 2.75) is 45.6 Å². The minimum Gasteiger partial charge on any atom is -0.489 e. The Labute approximate surface area is 172 Å². The van der Waals surface area contributed by atoms with Gasteiger partial charge in [0.25, 0.3) is 0 Å². The van der Waals surface area contributed by atoms with Crippen LogP contribution in [0.5, 0.6) is 5.75 Å². The molecule has 6 N–H and O–H groups in total. The maximum absolute atomic E-state index is 10.7. The molecule has 0 aliphatic rings. The van der Waals surface area contributed by atoms with Gasteiger partial charge in [-0.2, -0.15) is 0 Å². The summed E-state index contributed by atoms with van der Waals surface area (Å²) in [6, 6.07) is 16.4. The quantitative estimate of drug-likeness (QED) is 0.352. The number of ether oxygens (including phenoxy) is 1. The highest BCUT2D eigenvalue weighted by Gasteiger charge is 2.11. The molecule has 2 atom stereocenters. The van der Waals surface area contributed by atoms with Gasteiger partial charge in [0.1, 0.15) is 18.4 Å². The first-order valence-electron chi connectivity index (χ1n) is 9.54. The van der Waals surface area contributed by atoms with Crippen molar-refractivity contribution in [2.24, 2.45) is 17.4 Å². The fourth-order valence-electron chi connectivity index (χ4n) is 2.43. The van der Waals surface area contributed by atoms with Crippen LogP contribution in [-0.2, 0) is 22.5 Å². The normalized spacial score (nSPS) is 12.5. The van der Waals surface area contributed by atoms with E-state index in [-0.39, 0.29) is 13.9 Å². The molecule has 0 saturated heterocycles. The summed E-state index contributed by atoms with van der Waals surface area (Å²) >= 11 is 0. The Hall–Kier alpha value is -2.39. The van der Waals surface area contributed by atoms with E-state index in [9.17, 15) is 4.79 Å². The smallest absolute Gasteiger partial charge is 0.436 e. The van der Waals surface area contributed by atoms with Crippen LogP contribution in [0.15, 0.2) is 54.6 Å². The lowest BCUT2D eigenvalue weighted by molar-refractivity contribution is -0.138. The van der Waals surface area contributed by atoms with Gasteiger partial charge in [0, 0.05) is 0 Å². The van der Waals surface area contributed by atoms with Crippen molar-refractivity contribution in [3.05, 3.63) is 65.7 Å². The lowest BCUT2D eigenvalue weighted by Crippen LogP contribution is -2.32. The molecule has 2 rings (SSSR count). The first-order valence-corrected chi connectivity index (χ1v) is 9.54. The maximum Gasteiger partial charge on any atom is 0.436 e. The maximum atomic E-state index is 10.7. The SMILES string of the molecule is CC(C)C[C@H](N)OBO.N[C@@H](Cc1ccc(OCc2ccccc2)cc1)C(=O)O. The molecule has 0 aromatic heterocycles. The van der Waals surface area contributed by atoms with Crippen LogP contribution >= 0.6 is 0 Å². The Bertz CT molecular complexity index is 698. The molecule has 0 radical (unpaired) electrons. The standard InChI is InChI=1S/C16H17NO3.C5H14BNO2/c17-15(16(18)19)10-12-6-8-14(9-7-12)20-11-13-4-2-1-3-5-13;1-4(2)3-5(7)9-6-8/h1-9,15H,10-11,17H2,(H,18,19);4-6,8H,3,7H2,1-2H3/t15-;5-/m01/s1. The third-order valence-corrected chi connectivity index (χ3v) is 3.94. The molecule has 158 valence electrons. The Morgan fingerprint density at radius 3 is 2.17 bits per heavy atom. The molecule has 2 aromatic carbocycles. The number of aliphatic carboxylic acids is 1. The minimum atomic E-state index is -0.991. The topological polar surface area (TPSA) is 128 Å². The summed E-state index contributed by atoms with van der Waals surface area (Å²) in [5, 5.41) is 17.0. The Morgan fingerprint density at radius 1 is 1.03 bits per heavy atom. The molecular weight excluding hydrogens is 371 g/mol. The van der Waals surface area contributed by atoms with Gasteiger partial charge in [-0.3, -0.25) is 4.79 Å². The number of carboxylic acid groups (broad SMARTS) is 1. The van der Waals surface area contributed by atoms with E-state index < -0.39 is 12.0 Å². The second-order valence-electron chi connectivity index (χ2n) is 7.03. The van der Waals surface area contributed by atoms with Gasteiger partial charge >= 0.3 is 13.7 Å². The van der Waals surface area contributed by atoms with Crippen LogP contribution in [0, 0.1) is 5.92 Å². The first kappa shape index (κ1) is 24.7. The molecule has 7 nitrogen and oxygen atoms in total. The molecule has 0 unspecified atom stereocenters. The van der Waals surface area contributed by atoms with E-state index in [0.717, 1.165) is 23.3 Å². The number of carboxylic acids is 1. The van der Waals surface area contributed by atoms with E-state index in [2.05, 4.69) is 18.5 Å². The van der Waals surface area contributed by atoms with Crippen molar-refractivity contribution < 1.29 is 24.3 Å². The molecule has 0 amide bonds. The fourth-order valence-corrected chi connectivity index (χ4v) is 2.43. The second-order valence-corrected chi connectivity index (χ2v) is 7.03. The molecule has 0 aliphatic heterocycles. The molecule has 29 heavy (non-hydrogen) atoms. The van der Waals surface area contributed by atoms with Crippen molar-refractivity contribution in [3.8, 4) is 5.75 Å².